The molecule has 0 bridgehead atoms. The molecule has 0 radical (unpaired) electrons. The van der Waals surface area contributed by atoms with Gasteiger partial charge in [0.2, 0.25) is 0 Å². The fourth-order valence-electron chi connectivity index (χ4n) is 1.95. The van der Waals surface area contributed by atoms with Crippen LogP contribution in [0, 0.1) is 0 Å². The van der Waals surface area contributed by atoms with Gasteiger partial charge < -0.3 is 9.64 Å². The van der Waals surface area contributed by atoms with Gasteiger partial charge in [-0.15, -0.1) is 0 Å². The normalized spacial score (nSPS) is 10.4. The second kappa shape index (κ2) is 8.53. The fraction of sp³-hybridized carbons (Fsp3) is 0.158. The minimum atomic E-state index is -0.272. The molecule has 0 aliphatic heterocycles. The van der Waals surface area contributed by atoms with Crippen LogP contribution in [0.4, 0.5) is 5.69 Å². The number of ether oxygens (including phenoxy) is 1. The van der Waals surface area contributed by atoms with Gasteiger partial charge in [-0.1, -0.05) is 24.8 Å². The number of amides is 1. The van der Waals surface area contributed by atoms with E-state index in [1.165, 1.54) is 0 Å². The summed E-state index contributed by atoms with van der Waals surface area (Å²) in [7, 11) is 3.97. The maximum absolute atomic E-state index is 12.0. The number of carbonyl (C=O) groups excluding carboxylic acids is 1. The molecule has 0 heterocycles. The zero-order chi connectivity index (χ0) is 17.4. The van der Waals surface area contributed by atoms with Crippen LogP contribution in [0.3, 0.4) is 0 Å². The van der Waals surface area contributed by atoms with Crippen LogP contribution in [-0.2, 0) is 0 Å². The van der Waals surface area contributed by atoms with Crippen molar-refractivity contribution in [2.24, 2.45) is 5.10 Å². The Bertz CT molecular complexity index is 704. The summed E-state index contributed by atoms with van der Waals surface area (Å²) < 4.78 is 5.37. The van der Waals surface area contributed by atoms with Crippen LogP contribution in [-0.4, -0.2) is 32.8 Å². The van der Waals surface area contributed by atoms with E-state index < -0.39 is 0 Å². The molecule has 2 aromatic carbocycles. The van der Waals surface area contributed by atoms with E-state index in [0.717, 1.165) is 11.3 Å². The number of hydrazone groups is 1. The van der Waals surface area contributed by atoms with Gasteiger partial charge in [0.25, 0.3) is 5.91 Å². The number of hydrogen-bond acceptors (Lipinski definition) is 4. The SMILES string of the molecule is C=CCOc1ccc(C(=O)NN=Cc2ccc(N(C)C)cc2)cc1. The molecule has 0 saturated heterocycles. The average Bonchev–Trinajstić information content (AvgIpc) is 2.60. The molecule has 5 nitrogen and oxygen atoms in total. The third kappa shape index (κ3) is 4.98. The monoisotopic (exact) mass is 323 g/mol. The number of carbonyl (C=O) groups is 1. The predicted octanol–water partition coefficient (Wildman–Crippen LogP) is 3.08. The lowest BCUT2D eigenvalue weighted by atomic mass is 10.2. The molecule has 1 amide bonds. The van der Waals surface area contributed by atoms with Gasteiger partial charge in [-0.05, 0) is 42.0 Å². The number of nitrogens with zero attached hydrogens (tertiary/aromatic N) is 2. The maximum atomic E-state index is 12.0. The summed E-state index contributed by atoms with van der Waals surface area (Å²) in [5.41, 5.74) is 5.04. The average molecular weight is 323 g/mol. The summed E-state index contributed by atoms with van der Waals surface area (Å²) >= 11 is 0. The second-order valence-corrected chi connectivity index (χ2v) is 5.31. The zero-order valence-corrected chi connectivity index (χ0v) is 13.9. The van der Waals surface area contributed by atoms with Crippen LogP contribution in [0.1, 0.15) is 15.9 Å². The van der Waals surface area contributed by atoms with Crippen molar-refractivity contribution in [3.63, 3.8) is 0 Å². The lowest BCUT2D eigenvalue weighted by molar-refractivity contribution is 0.0955. The standard InChI is InChI=1S/C19H21N3O2/c1-4-13-24-18-11-7-16(8-12-18)19(23)21-20-14-15-5-9-17(10-6-15)22(2)3/h4-12,14H,1,13H2,2-3H3,(H,21,23). The number of rotatable bonds is 7. The van der Waals surface area contributed by atoms with Crippen LogP contribution in [0.25, 0.3) is 0 Å². The van der Waals surface area contributed by atoms with Crippen LogP contribution in [0.5, 0.6) is 5.75 Å². The Hall–Kier alpha value is -3.08. The van der Waals surface area contributed by atoms with Gasteiger partial charge in [0, 0.05) is 25.3 Å². The van der Waals surface area contributed by atoms with Crippen molar-refractivity contribution in [1.29, 1.82) is 0 Å². The van der Waals surface area contributed by atoms with E-state index in [9.17, 15) is 4.79 Å². The first-order chi connectivity index (χ1) is 11.6. The summed E-state index contributed by atoms with van der Waals surface area (Å²) in [5.74, 6) is 0.419. The molecular weight excluding hydrogens is 302 g/mol. The quantitative estimate of drug-likeness (QED) is 0.484. The summed E-state index contributed by atoms with van der Waals surface area (Å²) in [5, 5.41) is 3.98. The molecule has 1 N–H and O–H groups in total. The molecular formula is C19H21N3O2. The van der Waals surface area contributed by atoms with E-state index in [1.807, 2.05) is 43.3 Å². The van der Waals surface area contributed by atoms with E-state index >= 15 is 0 Å². The van der Waals surface area contributed by atoms with Crippen molar-refractivity contribution in [3.8, 4) is 5.75 Å². The first kappa shape index (κ1) is 17.3. The van der Waals surface area contributed by atoms with Gasteiger partial charge in [-0.3, -0.25) is 4.79 Å². The molecule has 0 spiro atoms. The van der Waals surface area contributed by atoms with E-state index in [4.69, 9.17) is 4.74 Å². The maximum Gasteiger partial charge on any atom is 0.271 e. The number of benzene rings is 2. The van der Waals surface area contributed by atoms with E-state index in [0.29, 0.717) is 17.9 Å². The molecule has 0 fully saturated rings. The second-order valence-electron chi connectivity index (χ2n) is 5.31. The molecule has 0 unspecified atom stereocenters. The molecule has 0 saturated carbocycles. The molecule has 24 heavy (non-hydrogen) atoms. The minimum absolute atomic E-state index is 0.272. The Balaban J connectivity index is 1.91. The Labute approximate surface area is 142 Å². The van der Waals surface area contributed by atoms with Gasteiger partial charge >= 0.3 is 0 Å². The summed E-state index contributed by atoms with van der Waals surface area (Å²) in [6, 6.07) is 14.7. The van der Waals surface area contributed by atoms with Crippen molar-refractivity contribution >= 4 is 17.8 Å². The highest BCUT2D eigenvalue weighted by Crippen LogP contribution is 2.12. The number of hydrogen-bond donors (Lipinski definition) is 1. The largest absolute Gasteiger partial charge is 0.490 e. The van der Waals surface area contributed by atoms with Crippen molar-refractivity contribution in [1.82, 2.24) is 5.43 Å². The zero-order valence-electron chi connectivity index (χ0n) is 13.9. The highest BCUT2D eigenvalue weighted by molar-refractivity contribution is 5.95. The molecule has 124 valence electrons. The van der Waals surface area contributed by atoms with Crippen LogP contribution < -0.4 is 15.1 Å². The first-order valence-corrected chi connectivity index (χ1v) is 7.54. The van der Waals surface area contributed by atoms with Gasteiger partial charge in [0.1, 0.15) is 12.4 Å². The van der Waals surface area contributed by atoms with Crippen LogP contribution >= 0.6 is 0 Å². The smallest absolute Gasteiger partial charge is 0.271 e. The van der Waals surface area contributed by atoms with E-state index in [2.05, 4.69) is 17.1 Å². The lowest BCUT2D eigenvalue weighted by Crippen LogP contribution is -2.17. The predicted molar refractivity (Wildman–Crippen MR) is 98.0 cm³/mol. The Morgan fingerprint density at radius 1 is 1.17 bits per heavy atom. The van der Waals surface area contributed by atoms with Crippen molar-refractivity contribution < 1.29 is 9.53 Å². The van der Waals surface area contributed by atoms with Gasteiger partial charge in [0.15, 0.2) is 0 Å². The van der Waals surface area contributed by atoms with Crippen molar-refractivity contribution in [2.45, 2.75) is 0 Å². The Morgan fingerprint density at radius 2 is 1.83 bits per heavy atom. The molecule has 0 aliphatic carbocycles. The Kier molecular flexibility index (Phi) is 6.14. The van der Waals surface area contributed by atoms with Crippen molar-refractivity contribution in [3.05, 3.63) is 72.3 Å². The number of anilines is 1. The summed E-state index contributed by atoms with van der Waals surface area (Å²) in [6.07, 6.45) is 3.28. The minimum Gasteiger partial charge on any atom is -0.490 e. The van der Waals surface area contributed by atoms with Crippen molar-refractivity contribution in [2.75, 3.05) is 25.6 Å². The van der Waals surface area contributed by atoms with Crippen LogP contribution in [0.2, 0.25) is 0 Å². The molecule has 5 heteroatoms. The highest BCUT2D eigenvalue weighted by Gasteiger charge is 2.04. The van der Waals surface area contributed by atoms with Gasteiger partial charge in [0.05, 0.1) is 6.21 Å². The molecule has 0 atom stereocenters. The Morgan fingerprint density at radius 3 is 2.42 bits per heavy atom. The topological polar surface area (TPSA) is 53.9 Å². The van der Waals surface area contributed by atoms with E-state index in [-0.39, 0.29) is 5.91 Å². The van der Waals surface area contributed by atoms with Gasteiger partial charge in [-0.2, -0.15) is 5.10 Å². The molecule has 0 aromatic heterocycles. The third-order valence-corrected chi connectivity index (χ3v) is 3.27. The first-order valence-electron chi connectivity index (χ1n) is 7.54. The number of nitrogens with one attached hydrogen (secondary N) is 1. The molecule has 2 aromatic rings. The highest BCUT2D eigenvalue weighted by atomic mass is 16.5. The third-order valence-electron chi connectivity index (χ3n) is 3.27. The summed E-state index contributed by atoms with van der Waals surface area (Å²) in [6.45, 7) is 4.02. The fourth-order valence-corrected chi connectivity index (χ4v) is 1.95. The molecule has 0 aliphatic rings. The lowest BCUT2D eigenvalue weighted by Gasteiger charge is -2.11. The van der Waals surface area contributed by atoms with Gasteiger partial charge in [-0.25, -0.2) is 5.43 Å². The summed E-state index contributed by atoms with van der Waals surface area (Å²) in [4.78, 5) is 14.0. The van der Waals surface area contributed by atoms with E-state index in [1.54, 1.807) is 36.6 Å². The molecule has 2 rings (SSSR count). The van der Waals surface area contributed by atoms with Crippen LogP contribution in [0.15, 0.2) is 66.3 Å².